The second-order valence-electron chi connectivity index (χ2n) is 5.93. The van der Waals surface area contributed by atoms with Gasteiger partial charge in [-0.25, -0.2) is 10.4 Å². The normalized spacial score (nSPS) is 11.1. The molecular formula is C21H15ClN4O. The molecule has 132 valence electrons. The summed E-state index contributed by atoms with van der Waals surface area (Å²) in [4.78, 5) is 20.0. The number of rotatable bonds is 4. The predicted octanol–water partition coefficient (Wildman–Crippen LogP) is 4.65. The first-order valence-corrected chi connectivity index (χ1v) is 8.71. The highest BCUT2D eigenvalue weighted by Gasteiger charge is 2.07. The Morgan fingerprint density at radius 1 is 1.00 bits per heavy atom. The third-order valence-corrected chi connectivity index (χ3v) is 4.31. The summed E-state index contributed by atoms with van der Waals surface area (Å²) in [5.74, 6) is 0.486. The van der Waals surface area contributed by atoms with Crippen LogP contribution in [-0.4, -0.2) is 22.1 Å². The molecule has 0 spiro atoms. The number of hydrogen-bond acceptors (Lipinski definition) is 3. The van der Waals surface area contributed by atoms with E-state index in [0.717, 1.165) is 28.0 Å². The molecule has 27 heavy (non-hydrogen) atoms. The number of imidazole rings is 1. The van der Waals surface area contributed by atoms with E-state index >= 15 is 0 Å². The van der Waals surface area contributed by atoms with Gasteiger partial charge < -0.3 is 4.98 Å². The standard InChI is InChI=1S/C21H15ClN4O/c22-17-11-5-14(6-12-17)13-23-26-21(27)16-9-7-15(8-10-16)20-24-18-3-1-2-4-19(18)25-20/h1-13H,(H,24,25)(H,26,27)/b23-13+. The average Bonchev–Trinajstić information content (AvgIpc) is 3.14. The van der Waals surface area contributed by atoms with Gasteiger partial charge in [-0.05, 0) is 42.0 Å². The second-order valence-corrected chi connectivity index (χ2v) is 6.37. The van der Waals surface area contributed by atoms with Crippen LogP contribution in [-0.2, 0) is 0 Å². The van der Waals surface area contributed by atoms with E-state index in [1.54, 1.807) is 30.5 Å². The maximum atomic E-state index is 12.2. The molecule has 4 rings (SSSR count). The molecule has 0 aliphatic heterocycles. The lowest BCUT2D eigenvalue weighted by atomic mass is 10.1. The number of nitrogens with zero attached hydrogens (tertiary/aromatic N) is 2. The van der Waals surface area contributed by atoms with Crippen molar-refractivity contribution in [1.29, 1.82) is 0 Å². The maximum Gasteiger partial charge on any atom is 0.271 e. The third kappa shape index (κ3) is 3.88. The molecule has 5 nitrogen and oxygen atoms in total. The number of amides is 1. The van der Waals surface area contributed by atoms with Gasteiger partial charge in [-0.15, -0.1) is 0 Å². The van der Waals surface area contributed by atoms with Crippen molar-refractivity contribution >= 4 is 34.8 Å². The van der Waals surface area contributed by atoms with Gasteiger partial charge in [0.15, 0.2) is 0 Å². The van der Waals surface area contributed by atoms with Crippen LogP contribution in [0, 0.1) is 0 Å². The molecule has 0 aliphatic rings. The summed E-state index contributed by atoms with van der Waals surface area (Å²) in [7, 11) is 0. The molecule has 0 saturated heterocycles. The fourth-order valence-corrected chi connectivity index (χ4v) is 2.77. The summed E-state index contributed by atoms with van der Waals surface area (Å²) >= 11 is 5.84. The van der Waals surface area contributed by atoms with E-state index in [-0.39, 0.29) is 5.91 Å². The fourth-order valence-electron chi connectivity index (χ4n) is 2.65. The van der Waals surface area contributed by atoms with Gasteiger partial charge in [0.2, 0.25) is 0 Å². The number of H-pyrrole nitrogens is 1. The van der Waals surface area contributed by atoms with E-state index in [9.17, 15) is 4.79 Å². The van der Waals surface area contributed by atoms with E-state index < -0.39 is 0 Å². The minimum absolute atomic E-state index is 0.281. The van der Waals surface area contributed by atoms with Crippen LogP contribution in [0.1, 0.15) is 15.9 Å². The van der Waals surface area contributed by atoms with E-state index in [1.807, 2.05) is 48.5 Å². The minimum atomic E-state index is -0.281. The topological polar surface area (TPSA) is 70.1 Å². The molecule has 0 fully saturated rings. The van der Waals surface area contributed by atoms with Gasteiger partial charge in [0.1, 0.15) is 5.82 Å². The summed E-state index contributed by atoms with van der Waals surface area (Å²) in [6, 6.07) is 22.2. The van der Waals surface area contributed by atoms with Gasteiger partial charge in [-0.2, -0.15) is 5.10 Å². The number of halogens is 1. The Kier molecular flexibility index (Phi) is 4.68. The second kappa shape index (κ2) is 7.43. The largest absolute Gasteiger partial charge is 0.338 e. The molecule has 0 saturated carbocycles. The number of hydrogen-bond donors (Lipinski definition) is 2. The maximum absolute atomic E-state index is 12.2. The Morgan fingerprint density at radius 2 is 1.74 bits per heavy atom. The van der Waals surface area contributed by atoms with Crippen molar-refractivity contribution in [3.63, 3.8) is 0 Å². The van der Waals surface area contributed by atoms with Crippen LogP contribution in [0.15, 0.2) is 77.9 Å². The van der Waals surface area contributed by atoms with Crippen molar-refractivity contribution in [2.75, 3.05) is 0 Å². The zero-order valence-electron chi connectivity index (χ0n) is 14.2. The monoisotopic (exact) mass is 374 g/mol. The number of carbonyl (C=O) groups excluding carboxylic acids is 1. The predicted molar refractivity (Wildman–Crippen MR) is 108 cm³/mol. The first-order chi connectivity index (χ1) is 13.2. The minimum Gasteiger partial charge on any atom is -0.338 e. The Bertz CT molecular complexity index is 1080. The lowest BCUT2D eigenvalue weighted by Gasteiger charge is -2.01. The van der Waals surface area contributed by atoms with E-state index in [1.165, 1.54) is 0 Å². The van der Waals surface area contributed by atoms with E-state index in [2.05, 4.69) is 20.5 Å². The van der Waals surface area contributed by atoms with Crippen LogP contribution in [0.2, 0.25) is 5.02 Å². The van der Waals surface area contributed by atoms with Gasteiger partial charge in [0.05, 0.1) is 17.2 Å². The quantitative estimate of drug-likeness (QED) is 0.403. The summed E-state index contributed by atoms with van der Waals surface area (Å²) in [5, 5.41) is 4.62. The number of benzene rings is 3. The Labute approximate surface area is 160 Å². The molecule has 6 heteroatoms. The van der Waals surface area contributed by atoms with Crippen molar-refractivity contribution in [2.45, 2.75) is 0 Å². The number of para-hydroxylation sites is 2. The Morgan fingerprint density at radius 3 is 2.48 bits per heavy atom. The van der Waals surface area contributed by atoms with Crippen molar-refractivity contribution in [2.24, 2.45) is 5.10 Å². The summed E-state index contributed by atoms with van der Waals surface area (Å²) in [6.07, 6.45) is 1.57. The van der Waals surface area contributed by atoms with E-state index in [4.69, 9.17) is 11.6 Å². The number of aromatic nitrogens is 2. The molecule has 1 aromatic heterocycles. The van der Waals surface area contributed by atoms with Gasteiger partial charge in [0.25, 0.3) is 5.91 Å². The lowest BCUT2D eigenvalue weighted by Crippen LogP contribution is -2.17. The van der Waals surface area contributed by atoms with Crippen LogP contribution >= 0.6 is 11.6 Å². The Hall–Kier alpha value is -3.44. The van der Waals surface area contributed by atoms with Crippen LogP contribution in [0.25, 0.3) is 22.4 Å². The van der Waals surface area contributed by atoms with Gasteiger partial charge >= 0.3 is 0 Å². The lowest BCUT2D eigenvalue weighted by molar-refractivity contribution is 0.0955. The molecule has 1 heterocycles. The number of hydrazone groups is 1. The number of carbonyl (C=O) groups is 1. The molecule has 3 aromatic carbocycles. The SMILES string of the molecule is O=C(N/N=C/c1ccc(Cl)cc1)c1ccc(-c2nc3ccccc3[nH]2)cc1. The highest BCUT2D eigenvalue weighted by molar-refractivity contribution is 6.30. The van der Waals surface area contributed by atoms with Crippen molar-refractivity contribution < 1.29 is 4.79 Å². The van der Waals surface area contributed by atoms with Crippen LogP contribution in [0.5, 0.6) is 0 Å². The van der Waals surface area contributed by atoms with Gasteiger partial charge in [-0.3, -0.25) is 4.79 Å². The molecule has 4 aromatic rings. The van der Waals surface area contributed by atoms with Crippen LogP contribution in [0.3, 0.4) is 0 Å². The number of aromatic amines is 1. The zero-order chi connectivity index (χ0) is 18.6. The fraction of sp³-hybridized carbons (Fsp3) is 0. The third-order valence-electron chi connectivity index (χ3n) is 4.06. The van der Waals surface area contributed by atoms with Gasteiger partial charge in [-0.1, -0.05) is 48.0 Å². The zero-order valence-corrected chi connectivity index (χ0v) is 14.9. The summed E-state index contributed by atoms with van der Waals surface area (Å²) in [5.41, 5.74) is 6.68. The summed E-state index contributed by atoms with van der Waals surface area (Å²) in [6.45, 7) is 0. The average molecular weight is 375 g/mol. The molecule has 0 bridgehead atoms. The van der Waals surface area contributed by atoms with Crippen LogP contribution < -0.4 is 5.43 Å². The first kappa shape index (κ1) is 17.0. The van der Waals surface area contributed by atoms with Crippen molar-refractivity contribution in [3.8, 4) is 11.4 Å². The van der Waals surface area contributed by atoms with Crippen LogP contribution in [0.4, 0.5) is 0 Å². The smallest absolute Gasteiger partial charge is 0.271 e. The molecule has 1 amide bonds. The summed E-state index contributed by atoms with van der Waals surface area (Å²) < 4.78 is 0. The Balaban J connectivity index is 1.45. The highest BCUT2D eigenvalue weighted by Crippen LogP contribution is 2.20. The van der Waals surface area contributed by atoms with Crippen molar-refractivity contribution in [3.05, 3.63) is 88.9 Å². The molecule has 2 N–H and O–H groups in total. The first-order valence-electron chi connectivity index (χ1n) is 8.33. The van der Waals surface area contributed by atoms with Crippen molar-refractivity contribution in [1.82, 2.24) is 15.4 Å². The molecular weight excluding hydrogens is 360 g/mol. The molecule has 0 unspecified atom stereocenters. The number of nitrogens with one attached hydrogen (secondary N) is 2. The molecule has 0 aliphatic carbocycles. The molecule has 0 atom stereocenters. The highest BCUT2D eigenvalue weighted by atomic mass is 35.5. The number of fused-ring (bicyclic) bond motifs is 1. The van der Waals surface area contributed by atoms with E-state index in [0.29, 0.717) is 10.6 Å². The van der Waals surface area contributed by atoms with Gasteiger partial charge in [0, 0.05) is 16.1 Å². The molecule has 0 radical (unpaired) electrons.